The van der Waals surface area contributed by atoms with Crippen molar-refractivity contribution < 1.29 is 0 Å². The Kier molecular flexibility index (Phi) is 7.79. The summed E-state index contributed by atoms with van der Waals surface area (Å²) in [5.74, 6) is 1.30. The highest BCUT2D eigenvalue weighted by atomic mass is 35.5. The summed E-state index contributed by atoms with van der Waals surface area (Å²) in [6.45, 7) is 15.5. The highest BCUT2D eigenvalue weighted by molar-refractivity contribution is 7.80. The number of anilines is 2. The van der Waals surface area contributed by atoms with Crippen LogP contribution in [0.2, 0.25) is 5.02 Å². The fraction of sp³-hybridized carbons (Fsp3) is 0.371. The Morgan fingerprint density at radius 1 is 0.905 bits per heavy atom. The van der Waals surface area contributed by atoms with Gasteiger partial charge in [0.05, 0.1) is 28.5 Å². The molecule has 0 bridgehead atoms. The first kappa shape index (κ1) is 28.8. The first-order chi connectivity index (χ1) is 20.1. The van der Waals surface area contributed by atoms with Crippen LogP contribution in [0, 0.1) is 39.5 Å². The predicted molar refractivity (Wildman–Crippen MR) is 179 cm³/mol. The Labute approximate surface area is 260 Å². The van der Waals surface area contributed by atoms with E-state index in [4.69, 9.17) is 28.8 Å². The number of aryl methyl sites for hydroxylation is 2. The van der Waals surface area contributed by atoms with E-state index < -0.39 is 0 Å². The zero-order valence-electron chi connectivity index (χ0n) is 25.4. The highest BCUT2D eigenvalue weighted by Gasteiger charge is 2.42. The summed E-state index contributed by atoms with van der Waals surface area (Å²) in [5.41, 5.74) is 10.4. The molecule has 7 heteroatoms. The molecule has 0 amide bonds. The van der Waals surface area contributed by atoms with Gasteiger partial charge in [-0.2, -0.15) is 0 Å². The van der Waals surface area contributed by atoms with E-state index in [0.717, 1.165) is 35.2 Å². The van der Waals surface area contributed by atoms with Crippen molar-refractivity contribution in [2.24, 2.45) is 11.8 Å². The minimum atomic E-state index is -0.117. The number of pyridine rings is 1. The summed E-state index contributed by atoms with van der Waals surface area (Å²) >= 11 is 13.1. The third-order valence-electron chi connectivity index (χ3n) is 9.12. The average Bonchev–Trinajstić information content (AvgIpc) is 3.45. The van der Waals surface area contributed by atoms with Gasteiger partial charge >= 0.3 is 0 Å². The molecule has 4 heterocycles. The Balaban J connectivity index is 1.45. The molecule has 0 radical (unpaired) electrons. The lowest BCUT2D eigenvalue weighted by Crippen LogP contribution is -2.38. The summed E-state index contributed by atoms with van der Waals surface area (Å²) in [4.78, 5) is 9.44. The zero-order valence-corrected chi connectivity index (χ0v) is 26.9. The molecule has 2 aromatic heterocycles. The van der Waals surface area contributed by atoms with Crippen LogP contribution < -0.4 is 15.1 Å². The molecule has 0 spiro atoms. The third-order valence-corrected chi connectivity index (χ3v) is 9.74. The minimum Gasteiger partial charge on any atom is -0.370 e. The first-order valence-corrected chi connectivity index (χ1v) is 15.7. The molecule has 2 aliphatic heterocycles. The van der Waals surface area contributed by atoms with Crippen LogP contribution in [0.4, 0.5) is 11.4 Å². The van der Waals surface area contributed by atoms with Gasteiger partial charge in [0.1, 0.15) is 0 Å². The molecule has 42 heavy (non-hydrogen) atoms. The number of halogens is 1. The third kappa shape index (κ3) is 5.09. The Bertz CT molecular complexity index is 1620. The maximum Gasteiger partial charge on any atom is 0.174 e. The van der Waals surface area contributed by atoms with Crippen molar-refractivity contribution in [3.63, 3.8) is 0 Å². The lowest BCUT2D eigenvalue weighted by Gasteiger charge is -2.37. The normalized spacial score (nSPS) is 22.5. The number of hydrogen-bond acceptors (Lipinski definition) is 3. The summed E-state index contributed by atoms with van der Waals surface area (Å²) in [6, 6.07) is 21.1. The number of piperidine rings is 1. The van der Waals surface area contributed by atoms with E-state index >= 15 is 0 Å². The number of rotatable bonds is 5. The van der Waals surface area contributed by atoms with Crippen LogP contribution in [0.5, 0.6) is 0 Å². The van der Waals surface area contributed by atoms with Crippen LogP contribution >= 0.6 is 23.8 Å². The number of benzene rings is 2. The molecule has 2 aromatic carbocycles. The molecule has 5 nitrogen and oxygen atoms in total. The molecular formula is C35H40ClN5S. The van der Waals surface area contributed by atoms with Crippen LogP contribution in [0.15, 0.2) is 66.9 Å². The van der Waals surface area contributed by atoms with Crippen LogP contribution in [0.3, 0.4) is 0 Å². The second-order valence-electron chi connectivity index (χ2n) is 12.4. The van der Waals surface area contributed by atoms with E-state index in [1.165, 1.54) is 40.2 Å². The summed E-state index contributed by atoms with van der Waals surface area (Å²) in [5, 5.41) is 5.06. The standard InChI is InChI=1S/C35H40ClN5S/c1-21-16-22(2)20-39(19-21)32-14-13-27(18-29(32)36)41-34(33(38-35(41)42)30-11-7-8-15-37-30)28-17-24(4)40(26(28)6)31-12-9-10-23(3)25(31)5/h7-15,17-18,21-22,33-34H,16,19-20H2,1-6H3,(H,38,42). The molecule has 4 unspecified atom stereocenters. The lowest BCUT2D eigenvalue weighted by atomic mass is 9.91. The van der Waals surface area contributed by atoms with Gasteiger partial charge in [-0.05, 0) is 117 Å². The summed E-state index contributed by atoms with van der Waals surface area (Å²) in [7, 11) is 0. The average molecular weight is 598 g/mol. The van der Waals surface area contributed by atoms with Crippen LogP contribution in [-0.2, 0) is 0 Å². The zero-order chi connectivity index (χ0) is 29.7. The first-order valence-electron chi connectivity index (χ1n) is 14.9. The fourth-order valence-electron chi connectivity index (χ4n) is 7.15. The van der Waals surface area contributed by atoms with Gasteiger partial charge in [-0.1, -0.05) is 43.6 Å². The second kappa shape index (κ2) is 11.4. The molecule has 4 aromatic rings. The Hall–Kier alpha value is -3.35. The van der Waals surface area contributed by atoms with Crippen molar-refractivity contribution in [2.45, 2.75) is 60.0 Å². The maximum atomic E-state index is 7.06. The second-order valence-corrected chi connectivity index (χ2v) is 13.2. The monoisotopic (exact) mass is 597 g/mol. The van der Waals surface area contributed by atoms with Gasteiger partial charge in [-0.3, -0.25) is 4.98 Å². The molecule has 0 aliphatic carbocycles. The largest absolute Gasteiger partial charge is 0.370 e. The Morgan fingerprint density at radius 3 is 2.36 bits per heavy atom. The van der Waals surface area contributed by atoms with Gasteiger partial charge in [0.25, 0.3) is 0 Å². The quantitative estimate of drug-likeness (QED) is 0.234. The number of nitrogens with zero attached hydrogens (tertiary/aromatic N) is 4. The van der Waals surface area contributed by atoms with Crippen molar-refractivity contribution in [1.29, 1.82) is 0 Å². The Morgan fingerprint density at radius 2 is 1.67 bits per heavy atom. The van der Waals surface area contributed by atoms with E-state index in [-0.39, 0.29) is 12.1 Å². The highest BCUT2D eigenvalue weighted by Crippen LogP contribution is 2.45. The number of hydrogen-bond donors (Lipinski definition) is 1. The van der Waals surface area contributed by atoms with E-state index in [1.807, 2.05) is 18.3 Å². The SMILES string of the molecule is Cc1cccc(-n2c(C)cc(C3C(c4ccccn4)NC(=S)N3c3ccc(N4CC(C)CC(C)C4)c(Cl)c3)c2C)c1C. The van der Waals surface area contributed by atoms with E-state index in [9.17, 15) is 0 Å². The molecule has 218 valence electrons. The van der Waals surface area contributed by atoms with Crippen molar-refractivity contribution >= 4 is 40.3 Å². The molecule has 2 aliphatic rings. The van der Waals surface area contributed by atoms with Crippen LogP contribution in [0.25, 0.3) is 5.69 Å². The molecule has 2 saturated heterocycles. The summed E-state index contributed by atoms with van der Waals surface area (Å²) in [6.07, 6.45) is 3.11. The molecule has 6 rings (SSSR count). The smallest absolute Gasteiger partial charge is 0.174 e. The van der Waals surface area contributed by atoms with Crippen LogP contribution in [0.1, 0.15) is 66.1 Å². The minimum absolute atomic E-state index is 0.102. The maximum absolute atomic E-state index is 7.06. The molecule has 0 saturated carbocycles. The van der Waals surface area contributed by atoms with E-state index in [2.05, 4.69) is 110 Å². The number of nitrogens with one attached hydrogen (secondary N) is 1. The topological polar surface area (TPSA) is 36.3 Å². The fourth-order valence-corrected chi connectivity index (χ4v) is 7.79. The molecule has 4 atom stereocenters. The van der Waals surface area contributed by atoms with Gasteiger partial charge in [0.2, 0.25) is 0 Å². The lowest BCUT2D eigenvalue weighted by molar-refractivity contribution is 0.357. The van der Waals surface area contributed by atoms with Gasteiger partial charge < -0.3 is 19.7 Å². The van der Waals surface area contributed by atoms with E-state index in [0.29, 0.717) is 16.9 Å². The van der Waals surface area contributed by atoms with Crippen molar-refractivity contribution in [3.05, 3.63) is 106 Å². The predicted octanol–water partition coefficient (Wildman–Crippen LogP) is 8.42. The summed E-state index contributed by atoms with van der Waals surface area (Å²) < 4.78 is 2.38. The van der Waals surface area contributed by atoms with Crippen molar-refractivity contribution in [1.82, 2.24) is 14.9 Å². The van der Waals surface area contributed by atoms with E-state index in [1.54, 1.807) is 0 Å². The van der Waals surface area contributed by atoms with Gasteiger partial charge in [-0.15, -0.1) is 0 Å². The molecule has 1 N–H and O–H groups in total. The van der Waals surface area contributed by atoms with Gasteiger partial charge in [0.15, 0.2) is 5.11 Å². The van der Waals surface area contributed by atoms with Crippen molar-refractivity contribution in [2.75, 3.05) is 22.9 Å². The van der Waals surface area contributed by atoms with Gasteiger partial charge in [0, 0.05) is 42.0 Å². The molecular weight excluding hydrogens is 558 g/mol. The number of aromatic nitrogens is 2. The van der Waals surface area contributed by atoms with Crippen LogP contribution in [-0.4, -0.2) is 27.8 Å². The molecule has 2 fully saturated rings. The number of thiocarbonyl (C=S) groups is 1. The van der Waals surface area contributed by atoms with Gasteiger partial charge in [-0.25, -0.2) is 0 Å². The van der Waals surface area contributed by atoms with Crippen molar-refractivity contribution in [3.8, 4) is 5.69 Å².